The molecule has 44 heavy (non-hydrogen) atoms. The lowest BCUT2D eigenvalue weighted by Gasteiger charge is -2.22. The van der Waals surface area contributed by atoms with Crippen LogP contribution in [-0.4, -0.2) is 4.57 Å². The van der Waals surface area contributed by atoms with E-state index in [4.69, 9.17) is 0 Å². The first-order valence-corrected chi connectivity index (χ1v) is 15.5. The highest BCUT2D eigenvalue weighted by atomic mass is 15.0. The molecule has 1 aromatic heterocycles. The van der Waals surface area contributed by atoms with Crippen molar-refractivity contribution in [1.29, 1.82) is 0 Å². The second kappa shape index (κ2) is 11.0. The van der Waals surface area contributed by atoms with E-state index < -0.39 is 0 Å². The molecule has 8 rings (SSSR count). The average molecular weight is 564 g/mol. The summed E-state index contributed by atoms with van der Waals surface area (Å²) in [6, 6.07) is 51.1. The summed E-state index contributed by atoms with van der Waals surface area (Å²) in [6.45, 7) is 2.22. The SMILES string of the molecule is Cc1ccccc1-c1c2ccccc2c(-c2ccccc2)c2cc(-n3c(-c4ccccc4)ccc3C3C=CC=CC3)ccc12. The van der Waals surface area contributed by atoms with E-state index in [-0.39, 0.29) is 0 Å². The van der Waals surface area contributed by atoms with Gasteiger partial charge in [-0.1, -0.05) is 140 Å². The molecule has 1 aliphatic carbocycles. The van der Waals surface area contributed by atoms with Gasteiger partial charge in [0.15, 0.2) is 0 Å². The van der Waals surface area contributed by atoms with Crippen molar-refractivity contribution < 1.29 is 0 Å². The molecule has 0 saturated heterocycles. The van der Waals surface area contributed by atoms with Gasteiger partial charge in [0.05, 0.1) is 5.69 Å². The summed E-state index contributed by atoms with van der Waals surface area (Å²) in [7, 11) is 0. The number of nitrogens with zero attached hydrogens (tertiary/aromatic N) is 1. The van der Waals surface area contributed by atoms with Crippen LogP contribution in [0.15, 0.2) is 164 Å². The van der Waals surface area contributed by atoms with Gasteiger partial charge in [-0.05, 0) is 92.5 Å². The van der Waals surface area contributed by atoms with Gasteiger partial charge >= 0.3 is 0 Å². The van der Waals surface area contributed by atoms with Crippen LogP contribution in [0.3, 0.4) is 0 Å². The first-order chi connectivity index (χ1) is 21.8. The molecule has 0 N–H and O–H groups in total. The Morgan fingerprint density at radius 3 is 1.93 bits per heavy atom. The van der Waals surface area contributed by atoms with Crippen molar-refractivity contribution in [2.24, 2.45) is 0 Å². The molecule has 1 nitrogen and oxygen atoms in total. The van der Waals surface area contributed by atoms with Crippen molar-refractivity contribution in [2.45, 2.75) is 19.3 Å². The smallest absolute Gasteiger partial charge is 0.0531 e. The molecule has 1 aliphatic rings. The zero-order chi connectivity index (χ0) is 29.5. The summed E-state index contributed by atoms with van der Waals surface area (Å²) in [5, 5.41) is 5.10. The molecule has 1 atom stereocenters. The first kappa shape index (κ1) is 26.2. The van der Waals surface area contributed by atoms with Crippen molar-refractivity contribution in [2.75, 3.05) is 0 Å². The molecular weight excluding hydrogens is 530 g/mol. The number of allylic oxidation sites excluding steroid dienone is 4. The van der Waals surface area contributed by atoms with Gasteiger partial charge in [-0.2, -0.15) is 0 Å². The Morgan fingerprint density at radius 1 is 0.545 bits per heavy atom. The molecule has 0 aliphatic heterocycles. The van der Waals surface area contributed by atoms with Crippen molar-refractivity contribution >= 4 is 21.5 Å². The predicted octanol–water partition coefficient (Wildman–Crippen LogP) is 11.7. The minimum Gasteiger partial charge on any atom is -0.313 e. The molecular formula is C43H33N. The molecule has 0 fully saturated rings. The zero-order valence-electron chi connectivity index (χ0n) is 24.8. The van der Waals surface area contributed by atoms with E-state index in [1.807, 2.05) is 0 Å². The molecule has 1 heteroatoms. The van der Waals surface area contributed by atoms with E-state index in [2.05, 4.69) is 175 Å². The summed E-state index contributed by atoms with van der Waals surface area (Å²) in [5.74, 6) is 0.320. The number of aryl methyl sites for hydroxylation is 1. The molecule has 0 radical (unpaired) electrons. The highest BCUT2D eigenvalue weighted by Gasteiger charge is 2.21. The van der Waals surface area contributed by atoms with Crippen molar-refractivity contribution in [3.63, 3.8) is 0 Å². The largest absolute Gasteiger partial charge is 0.313 e. The predicted molar refractivity (Wildman–Crippen MR) is 187 cm³/mol. The molecule has 210 valence electrons. The fourth-order valence-electron chi connectivity index (χ4n) is 7.03. The Hall–Kier alpha value is -5.40. The molecule has 0 saturated carbocycles. The van der Waals surface area contributed by atoms with Gasteiger partial charge in [-0.15, -0.1) is 0 Å². The van der Waals surface area contributed by atoms with Gasteiger partial charge in [-0.3, -0.25) is 0 Å². The van der Waals surface area contributed by atoms with Crippen molar-refractivity contribution in [3.05, 3.63) is 175 Å². The van der Waals surface area contributed by atoms with Crippen LogP contribution in [-0.2, 0) is 0 Å². The Morgan fingerprint density at radius 2 is 1.20 bits per heavy atom. The lowest BCUT2D eigenvalue weighted by molar-refractivity contribution is 0.786. The minimum absolute atomic E-state index is 0.320. The van der Waals surface area contributed by atoms with Gasteiger partial charge in [0.1, 0.15) is 0 Å². The lowest BCUT2D eigenvalue weighted by Crippen LogP contribution is -2.07. The normalized spacial score (nSPS) is 14.4. The van der Waals surface area contributed by atoms with Crippen LogP contribution in [0.4, 0.5) is 0 Å². The summed E-state index contributed by atoms with van der Waals surface area (Å²) >= 11 is 0. The van der Waals surface area contributed by atoms with Crippen LogP contribution in [0.5, 0.6) is 0 Å². The number of hydrogen-bond acceptors (Lipinski definition) is 0. The maximum absolute atomic E-state index is 2.49. The summed E-state index contributed by atoms with van der Waals surface area (Å²) in [5.41, 5.74) is 11.3. The second-order valence-corrected chi connectivity index (χ2v) is 11.7. The van der Waals surface area contributed by atoms with Crippen LogP contribution in [0.2, 0.25) is 0 Å². The van der Waals surface area contributed by atoms with Gasteiger partial charge in [0.2, 0.25) is 0 Å². The summed E-state index contributed by atoms with van der Waals surface area (Å²) < 4.78 is 2.49. The Balaban J connectivity index is 1.48. The molecule has 0 spiro atoms. The molecule has 1 heterocycles. The third-order valence-corrected chi connectivity index (χ3v) is 9.08. The van der Waals surface area contributed by atoms with E-state index in [1.54, 1.807) is 0 Å². The van der Waals surface area contributed by atoms with Crippen LogP contribution in [0, 0.1) is 6.92 Å². The van der Waals surface area contributed by atoms with Gasteiger partial charge in [0.25, 0.3) is 0 Å². The average Bonchev–Trinajstić information content (AvgIpc) is 3.54. The Bertz CT molecular complexity index is 2200. The summed E-state index contributed by atoms with van der Waals surface area (Å²) in [4.78, 5) is 0. The van der Waals surface area contributed by atoms with E-state index >= 15 is 0 Å². The van der Waals surface area contributed by atoms with Crippen LogP contribution < -0.4 is 0 Å². The van der Waals surface area contributed by atoms with Crippen LogP contribution in [0.1, 0.15) is 23.6 Å². The van der Waals surface area contributed by atoms with E-state index in [0.717, 1.165) is 6.42 Å². The fraction of sp³-hybridized carbons (Fsp3) is 0.0698. The summed E-state index contributed by atoms with van der Waals surface area (Å²) in [6.07, 6.45) is 9.95. The highest BCUT2D eigenvalue weighted by Crippen LogP contribution is 2.45. The standard InChI is InChI=1S/C43H33N/c1-30-15-11-12-22-35(30)43-37-24-14-13-23-36(37)42(33-20-9-4-10-21-33)39-29-34(25-26-38(39)43)44-40(31-16-5-2-6-17-31)27-28-41(44)32-18-7-3-8-19-32/h2-18,20-29,32H,19H2,1H3. The second-order valence-electron chi connectivity index (χ2n) is 11.7. The number of benzene rings is 6. The van der Waals surface area contributed by atoms with Crippen LogP contribution >= 0.6 is 0 Å². The molecule has 6 aromatic carbocycles. The quantitative estimate of drug-likeness (QED) is 0.184. The molecule has 0 amide bonds. The van der Waals surface area contributed by atoms with Gasteiger partial charge in [0, 0.05) is 17.3 Å². The van der Waals surface area contributed by atoms with Crippen LogP contribution in [0.25, 0.3) is 60.7 Å². The number of aromatic nitrogens is 1. The first-order valence-electron chi connectivity index (χ1n) is 15.5. The van der Waals surface area contributed by atoms with Crippen molar-refractivity contribution in [3.8, 4) is 39.2 Å². The Kier molecular flexibility index (Phi) is 6.57. The number of hydrogen-bond donors (Lipinski definition) is 0. The number of fused-ring (bicyclic) bond motifs is 2. The lowest BCUT2D eigenvalue weighted by atomic mass is 9.84. The van der Waals surface area contributed by atoms with E-state index in [0.29, 0.717) is 5.92 Å². The van der Waals surface area contributed by atoms with E-state index in [1.165, 1.54) is 72.0 Å². The van der Waals surface area contributed by atoms with Crippen molar-refractivity contribution in [1.82, 2.24) is 4.57 Å². The van der Waals surface area contributed by atoms with Gasteiger partial charge < -0.3 is 4.57 Å². The monoisotopic (exact) mass is 563 g/mol. The van der Waals surface area contributed by atoms with Gasteiger partial charge in [-0.25, -0.2) is 0 Å². The topological polar surface area (TPSA) is 4.93 Å². The molecule has 7 aromatic rings. The third kappa shape index (κ3) is 4.41. The third-order valence-electron chi connectivity index (χ3n) is 9.08. The fourth-order valence-corrected chi connectivity index (χ4v) is 7.03. The maximum Gasteiger partial charge on any atom is 0.0531 e. The number of rotatable bonds is 5. The minimum atomic E-state index is 0.320. The zero-order valence-corrected chi connectivity index (χ0v) is 24.8. The molecule has 1 unspecified atom stereocenters. The molecule has 0 bridgehead atoms. The Labute approximate surface area is 259 Å². The maximum atomic E-state index is 2.49. The highest BCUT2D eigenvalue weighted by molar-refractivity contribution is 6.21. The van der Waals surface area contributed by atoms with E-state index in [9.17, 15) is 0 Å².